The number of ether oxygens (including phenoxy) is 1. The molecule has 2 aromatic carbocycles. The highest BCUT2D eigenvalue weighted by molar-refractivity contribution is 5.66. The maximum absolute atomic E-state index is 12.3. The number of unbranched alkanes of at least 4 members (excludes halogenated alkanes) is 1. The molecule has 0 saturated heterocycles. The number of benzene rings is 2. The second kappa shape index (κ2) is 19.6. The molecule has 4 rings (SSSR count). The third kappa shape index (κ3) is 12.6. The van der Waals surface area contributed by atoms with E-state index in [1.807, 2.05) is 56.0 Å². The van der Waals surface area contributed by atoms with E-state index in [9.17, 15) is 4.79 Å². The Labute approximate surface area is 281 Å². The van der Waals surface area contributed by atoms with E-state index in [-0.39, 0.29) is 5.97 Å². The molecule has 0 bridgehead atoms. The zero-order valence-corrected chi connectivity index (χ0v) is 28.7. The number of aromatic amines is 1. The van der Waals surface area contributed by atoms with Crippen molar-refractivity contribution < 1.29 is 9.53 Å². The highest BCUT2D eigenvalue weighted by atomic mass is 16.6. The molecule has 2 heterocycles. The van der Waals surface area contributed by atoms with Crippen molar-refractivity contribution in [1.82, 2.24) is 34.2 Å². The number of nitrogens with one attached hydrogen (secondary N) is 1. The van der Waals surface area contributed by atoms with Gasteiger partial charge in [-0.25, -0.2) is 9.97 Å². The molecule has 9 nitrogen and oxygen atoms in total. The second-order valence-corrected chi connectivity index (χ2v) is 12.2. The topological polar surface area (TPSA) is 82.5 Å². The van der Waals surface area contributed by atoms with E-state index in [1.165, 1.54) is 30.9 Å². The smallest absolute Gasteiger partial charge is 0.304 e. The Kier molecular flexibility index (Phi) is 14.9. The molecule has 0 fully saturated rings. The number of imidazole rings is 2. The number of hydrogen-bond donors (Lipinski definition) is 1. The van der Waals surface area contributed by atoms with Gasteiger partial charge in [-0.15, -0.1) is 0 Å². The highest BCUT2D eigenvalue weighted by Gasteiger charge is 2.20. The molecule has 0 spiro atoms. The summed E-state index contributed by atoms with van der Waals surface area (Å²) in [5.74, 6) is 1.66. The largest absolute Gasteiger partial charge is 0.443 e. The van der Waals surface area contributed by atoms with Crippen molar-refractivity contribution >= 4 is 12.0 Å². The summed E-state index contributed by atoms with van der Waals surface area (Å²) in [4.78, 5) is 31.7. The molecule has 2 aromatic heterocycles. The van der Waals surface area contributed by atoms with Crippen molar-refractivity contribution in [3.05, 3.63) is 114 Å². The number of H-pyrrole nitrogens is 1. The van der Waals surface area contributed by atoms with E-state index in [1.54, 1.807) is 6.20 Å². The number of hydrogen-bond acceptors (Lipinski definition) is 7. The Morgan fingerprint density at radius 2 is 1.55 bits per heavy atom. The quantitative estimate of drug-likeness (QED) is 0.0621. The fourth-order valence-electron chi connectivity index (χ4n) is 5.83. The Morgan fingerprint density at radius 1 is 0.851 bits per heavy atom. The molecule has 47 heavy (non-hydrogen) atoms. The highest BCUT2D eigenvalue weighted by Crippen LogP contribution is 2.18. The van der Waals surface area contributed by atoms with Crippen LogP contribution in [0.25, 0.3) is 6.08 Å². The third-order valence-electron chi connectivity index (χ3n) is 8.18. The maximum Gasteiger partial charge on any atom is 0.304 e. The summed E-state index contributed by atoms with van der Waals surface area (Å²) in [6.45, 7) is 13.0. The molecule has 1 N–H and O–H groups in total. The minimum atomic E-state index is -0.462. The van der Waals surface area contributed by atoms with Crippen LogP contribution in [0.4, 0.5) is 0 Å². The van der Waals surface area contributed by atoms with Gasteiger partial charge >= 0.3 is 5.97 Å². The minimum Gasteiger partial charge on any atom is -0.443 e. The summed E-state index contributed by atoms with van der Waals surface area (Å²) in [6, 6.07) is 19.0. The van der Waals surface area contributed by atoms with Gasteiger partial charge in [-0.05, 0) is 68.1 Å². The Balaban J connectivity index is 1.47. The maximum atomic E-state index is 12.3. The Hall–Kier alpha value is -4.05. The third-order valence-corrected chi connectivity index (χ3v) is 8.18. The summed E-state index contributed by atoms with van der Waals surface area (Å²) in [5.41, 5.74) is 3.47. The Morgan fingerprint density at radius 3 is 2.17 bits per heavy atom. The molecule has 1 atom stereocenters. The van der Waals surface area contributed by atoms with E-state index in [2.05, 4.69) is 84.5 Å². The van der Waals surface area contributed by atoms with Gasteiger partial charge in [-0.2, -0.15) is 0 Å². The minimum absolute atomic E-state index is 0.283. The van der Waals surface area contributed by atoms with E-state index in [4.69, 9.17) is 4.74 Å². The van der Waals surface area contributed by atoms with Gasteiger partial charge in [-0.3, -0.25) is 14.6 Å². The average molecular weight is 640 g/mol. The first-order chi connectivity index (χ1) is 22.9. The van der Waals surface area contributed by atoms with Gasteiger partial charge in [0.2, 0.25) is 0 Å². The van der Waals surface area contributed by atoms with Crippen LogP contribution in [-0.4, -0.2) is 72.6 Å². The van der Waals surface area contributed by atoms with Crippen molar-refractivity contribution in [2.45, 2.75) is 78.9 Å². The SMILES string of the molecule is CCCN(CCC)CCCCN(Cc1ccc(CN(Cc2ncc[nH]2)Cc2nccn2C)cc1)C(C=Cc1ccccc1)OC(C)=O. The molecule has 1 unspecified atom stereocenters. The number of aryl methyl sites for hydroxylation is 1. The van der Waals surface area contributed by atoms with Crippen LogP contribution in [0.1, 0.15) is 74.8 Å². The van der Waals surface area contributed by atoms with Crippen LogP contribution in [0, 0.1) is 0 Å². The first kappa shape index (κ1) is 35.8. The summed E-state index contributed by atoms with van der Waals surface area (Å²) >= 11 is 0. The molecule has 0 aliphatic rings. The van der Waals surface area contributed by atoms with E-state index in [0.717, 1.165) is 62.8 Å². The number of esters is 1. The molecule has 0 amide bonds. The fourth-order valence-corrected chi connectivity index (χ4v) is 5.83. The van der Waals surface area contributed by atoms with Crippen LogP contribution in [-0.2, 0) is 42.8 Å². The van der Waals surface area contributed by atoms with Gasteiger partial charge in [0.25, 0.3) is 0 Å². The monoisotopic (exact) mass is 639 g/mol. The molecule has 9 heteroatoms. The van der Waals surface area contributed by atoms with Crippen LogP contribution in [0.15, 0.2) is 85.5 Å². The Bertz CT molecular complexity index is 1440. The standard InChI is InChI=1S/C38H53N7O2/c1-5-23-43(24-6-2)25-10-11-26-45(38(47-32(3)46)19-18-33-12-8-7-9-13-33)29-35-16-14-34(15-17-35)28-44(30-36-39-20-21-40-36)31-37-41-22-27-42(37)4/h7-9,12-22,27,38H,5-6,10-11,23-26,28-31H2,1-4H3,(H,39,40). The predicted molar refractivity (Wildman–Crippen MR) is 189 cm³/mol. The van der Waals surface area contributed by atoms with Crippen molar-refractivity contribution in [2.75, 3.05) is 26.2 Å². The molecular weight excluding hydrogens is 586 g/mol. The van der Waals surface area contributed by atoms with Crippen LogP contribution < -0.4 is 0 Å². The van der Waals surface area contributed by atoms with Gasteiger partial charge in [0, 0.05) is 58.4 Å². The van der Waals surface area contributed by atoms with Crippen molar-refractivity contribution in [3.63, 3.8) is 0 Å². The zero-order chi connectivity index (χ0) is 33.3. The summed E-state index contributed by atoms with van der Waals surface area (Å²) in [5, 5.41) is 0. The first-order valence-electron chi connectivity index (χ1n) is 17.0. The summed E-state index contributed by atoms with van der Waals surface area (Å²) in [7, 11) is 2.03. The van der Waals surface area contributed by atoms with Gasteiger partial charge < -0.3 is 19.2 Å². The summed E-state index contributed by atoms with van der Waals surface area (Å²) < 4.78 is 7.97. The van der Waals surface area contributed by atoms with Gasteiger partial charge in [0.05, 0.1) is 13.1 Å². The number of carbonyl (C=O) groups is 1. The molecule has 0 aliphatic carbocycles. The summed E-state index contributed by atoms with van der Waals surface area (Å²) in [6.07, 6.45) is 15.5. The lowest BCUT2D eigenvalue weighted by molar-refractivity contribution is -0.152. The normalized spacial score (nSPS) is 12.5. The van der Waals surface area contributed by atoms with Crippen molar-refractivity contribution in [3.8, 4) is 0 Å². The molecule has 252 valence electrons. The van der Waals surface area contributed by atoms with E-state index in [0.29, 0.717) is 19.6 Å². The number of nitrogens with zero attached hydrogens (tertiary/aromatic N) is 6. The van der Waals surface area contributed by atoms with Crippen molar-refractivity contribution in [2.24, 2.45) is 7.05 Å². The molecule has 0 radical (unpaired) electrons. The van der Waals surface area contributed by atoms with Crippen LogP contribution in [0.5, 0.6) is 0 Å². The fraction of sp³-hybridized carbons (Fsp3) is 0.447. The van der Waals surface area contributed by atoms with E-state index >= 15 is 0 Å². The zero-order valence-electron chi connectivity index (χ0n) is 28.7. The van der Waals surface area contributed by atoms with Gasteiger partial charge in [-0.1, -0.05) is 74.5 Å². The predicted octanol–water partition coefficient (Wildman–Crippen LogP) is 6.65. The average Bonchev–Trinajstić information content (AvgIpc) is 3.73. The molecular formula is C38H53N7O2. The van der Waals surface area contributed by atoms with Gasteiger partial charge in [0.15, 0.2) is 6.23 Å². The van der Waals surface area contributed by atoms with Crippen molar-refractivity contribution in [1.29, 1.82) is 0 Å². The lowest BCUT2D eigenvalue weighted by Crippen LogP contribution is -2.37. The van der Waals surface area contributed by atoms with Crippen LogP contribution >= 0.6 is 0 Å². The molecule has 0 saturated carbocycles. The molecule has 0 aliphatic heterocycles. The number of carbonyl (C=O) groups excluding carboxylic acids is 1. The number of rotatable bonds is 21. The van der Waals surface area contributed by atoms with Crippen LogP contribution in [0.3, 0.4) is 0 Å². The second-order valence-electron chi connectivity index (χ2n) is 12.2. The first-order valence-corrected chi connectivity index (χ1v) is 17.0. The van der Waals surface area contributed by atoms with E-state index < -0.39 is 6.23 Å². The van der Waals surface area contributed by atoms with Crippen LogP contribution in [0.2, 0.25) is 0 Å². The van der Waals surface area contributed by atoms with Gasteiger partial charge in [0.1, 0.15) is 11.6 Å². The lowest BCUT2D eigenvalue weighted by atomic mass is 10.1. The number of aromatic nitrogens is 4. The molecule has 4 aromatic rings. The lowest BCUT2D eigenvalue weighted by Gasteiger charge is -2.30.